The van der Waals surface area contributed by atoms with E-state index in [1.165, 1.54) is 12.0 Å². The SMILES string of the molecule is COC(=O)[C@@H]1C[C@@H]2CN1C(=O)[C@H](C(C)(C)C)NC(=O)O[C@H]1[C@H](CCC/C=C/c3nc4ccc(OC)cc4nc3O2)CC[C@H]1C. The standard InChI is InChI=1S/C33H44N4O7/c1-19-12-13-20-10-8-7-9-11-24-29(35-25-16-21(41-5)14-15-23(25)34-24)43-22-17-26(31(39)42-6)37(18-22)30(38)28(33(2,3)4)36-32(40)44-27(19)20/h9,11,14-16,19-20,22,26-28H,7-8,10,12-13,17-18H2,1-6H3,(H,36,40)/b11-9+/t19-,20-,22-,26+,27-,28-/m1/s1. The van der Waals surface area contributed by atoms with E-state index in [2.05, 4.69) is 18.3 Å². The number of hydrogen-bond acceptors (Lipinski definition) is 9. The van der Waals surface area contributed by atoms with Crippen LogP contribution in [0.5, 0.6) is 11.6 Å². The van der Waals surface area contributed by atoms with Crippen LogP contribution >= 0.6 is 0 Å². The van der Waals surface area contributed by atoms with E-state index in [1.54, 1.807) is 13.2 Å². The Morgan fingerprint density at radius 2 is 1.86 bits per heavy atom. The lowest BCUT2D eigenvalue weighted by Gasteiger charge is -2.35. The van der Waals surface area contributed by atoms with Gasteiger partial charge >= 0.3 is 12.1 Å². The Labute approximate surface area is 258 Å². The average Bonchev–Trinajstić information content (AvgIpc) is 3.56. The lowest BCUT2D eigenvalue weighted by Crippen LogP contribution is -2.57. The highest BCUT2D eigenvalue weighted by molar-refractivity contribution is 5.91. The summed E-state index contributed by atoms with van der Waals surface area (Å²) in [5.74, 6) is 0.466. The van der Waals surface area contributed by atoms with Gasteiger partial charge in [0.1, 0.15) is 35.7 Å². The number of aromatic nitrogens is 2. The van der Waals surface area contributed by atoms with Crippen LogP contribution in [-0.2, 0) is 19.1 Å². The van der Waals surface area contributed by atoms with Crippen LogP contribution in [0.15, 0.2) is 24.3 Å². The summed E-state index contributed by atoms with van der Waals surface area (Å²) in [5.41, 5.74) is 1.20. The summed E-state index contributed by atoms with van der Waals surface area (Å²) in [6.45, 7) is 7.83. The van der Waals surface area contributed by atoms with Crippen LogP contribution in [0, 0.1) is 17.3 Å². The number of benzene rings is 1. The molecule has 238 valence electrons. The molecule has 1 aromatic heterocycles. The van der Waals surface area contributed by atoms with Gasteiger partial charge in [0.15, 0.2) is 0 Å². The zero-order valence-corrected chi connectivity index (χ0v) is 26.5. The van der Waals surface area contributed by atoms with Gasteiger partial charge in [-0.1, -0.05) is 33.8 Å². The van der Waals surface area contributed by atoms with Crippen LogP contribution in [0.25, 0.3) is 17.1 Å². The molecule has 2 fully saturated rings. The van der Waals surface area contributed by atoms with Crippen LogP contribution in [0.3, 0.4) is 0 Å². The first kappa shape index (κ1) is 31.5. The fourth-order valence-corrected chi connectivity index (χ4v) is 6.57. The predicted molar refractivity (Wildman–Crippen MR) is 164 cm³/mol. The molecule has 1 saturated carbocycles. The molecule has 1 aromatic carbocycles. The van der Waals surface area contributed by atoms with Crippen LogP contribution in [0.2, 0.25) is 0 Å². The Morgan fingerprint density at radius 1 is 1.07 bits per heavy atom. The summed E-state index contributed by atoms with van der Waals surface area (Å²) in [7, 11) is 2.88. The number of amides is 2. The highest BCUT2D eigenvalue weighted by atomic mass is 16.6. The molecule has 1 N–H and O–H groups in total. The zero-order valence-electron chi connectivity index (χ0n) is 26.5. The van der Waals surface area contributed by atoms with E-state index in [0.29, 0.717) is 28.4 Å². The van der Waals surface area contributed by atoms with E-state index in [0.717, 1.165) is 32.1 Å². The molecular formula is C33H44N4O7. The first-order valence-corrected chi connectivity index (χ1v) is 15.5. The molecule has 0 spiro atoms. The summed E-state index contributed by atoms with van der Waals surface area (Å²) in [6, 6.07) is 3.64. The van der Waals surface area contributed by atoms with Crippen LogP contribution in [0.4, 0.5) is 4.79 Å². The summed E-state index contributed by atoms with van der Waals surface area (Å²) in [4.78, 5) is 51.4. The van der Waals surface area contributed by atoms with Gasteiger partial charge in [-0.25, -0.2) is 19.6 Å². The van der Waals surface area contributed by atoms with E-state index >= 15 is 0 Å². The first-order valence-electron chi connectivity index (χ1n) is 15.5. The number of esters is 1. The number of fused-ring (bicyclic) bond motifs is 5. The molecule has 2 amide bonds. The van der Waals surface area contributed by atoms with Crippen molar-refractivity contribution in [2.45, 2.75) is 90.5 Å². The fourth-order valence-electron chi connectivity index (χ4n) is 6.57. The number of hydrogen-bond donors (Lipinski definition) is 1. The Morgan fingerprint density at radius 3 is 2.59 bits per heavy atom. The Balaban J connectivity index is 1.54. The van der Waals surface area contributed by atoms with Crippen molar-refractivity contribution in [2.24, 2.45) is 17.3 Å². The van der Waals surface area contributed by atoms with Crippen molar-refractivity contribution in [1.29, 1.82) is 0 Å². The number of ether oxygens (including phenoxy) is 4. The minimum Gasteiger partial charge on any atom is -0.497 e. The molecule has 11 heteroatoms. The first-order chi connectivity index (χ1) is 21.0. The highest BCUT2D eigenvalue weighted by Gasteiger charge is 2.47. The smallest absolute Gasteiger partial charge is 0.408 e. The number of carbonyl (C=O) groups is 3. The summed E-state index contributed by atoms with van der Waals surface area (Å²) >= 11 is 0. The van der Waals surface area contributed by atoms with Gasteiger partial charge in [0.05, 0.1) is 31.8 Å². The molecule has 0 unspecified atom stereocenters. The van der Waals surface area contributed by atoms with Gasteiger partial charge in [0.25, 0.3) is 0 Å². The normalized spacial score (nSPS) is 28.9. The van der Waals surface area contributed by atoms with Crippen molar-refractivity contribution in [3.63, 3.8) is 0 Å². The maximum absolute atomic E-state index is 14.1. The van der Waals surface area contributed by atoms with Gasteiger partial charge in [0, 0.05) is 12.5 Å². The second-order valence-electron chi connectivity index (χ2n) is 13.2. The van der Waals surface area contributed by atoms with Gasteiger partial charge in [-0.3, -0.25) is 4.79 Å². The minimum atomic E-state index is -0.943. The number of nitrogens with zero attached hydrogens (tertiary/aromatic N) is 3. The maximum Gasteiger partial charge on any atom is 0.408 e. The van der Waals surface area contributed by atoms with Crippen LogP contribution in [-0.4, -0.2) is 77.9 Å². The van der Waals surface area contributed by atoms with Gasteiger partial charge in [0.2, 0.25) is 11.8 Å². The van der Waals surface area contributed by atoms with Crippen molar-refractivity contribution in [1.82, 2.24) is 20.2 Å². The Bertz CT molecular complexity index is 1420. The van der Waals surface area contributed by atoms with Gasteiger partial charge in [-0.15, -0.1) is 0 Å². The van der Waals surface area contributed by atoms with Crippen molar-refractivity contribution < 1.29 is 33.3 Å². The number of carbonyl (C=O) groups excluding carboxylic acids is 3. The van der Waals surface area contributed by atoms with Crippen molar-refractivity contribution in [3.8, 4) is 11.6 Å². The molecule has 0 radical (unpaired) electrons. The van der Waals surface area contributed by atoms with E-state index in [-0.39, 0.29) is 30.9 Å². The van der Waals surface area contributed by atoms with E-state index in [4.69, 9.17) is 28.9 Å². The Hall–Kier alpha value is -3.89. The lowest BCUT2D eigenvalue weighted by molar-refractivity contribution is -0.152. The van der Waals surface area contributed by atoms with Gasteiger partial charge in [-0.2, -0.15) is 0 Å². The third-order valence-electron chi connectivity index (χ3n) is 9.02. The van der Waals surface area contributed by atoms with Crippen molar-refractivity contribution >= 4 is 35.1 Å². The van der Waals surface area contributed by atoms with Crippen LogP contribution < -0.4 is 14.8 Å². The quantitative estimate of drug-likeness (QED) is 0.473. The molecule has 11 nitrogen and oxygen atoms in total. The van der Waals surface area contributed by atoms with Gasteiger partial charge in [-0.05, 0) is 67.6 Å². The minimum absolute atomic E-state index is 0.102. The van der Waals surface area contributed by atoms with Crippen molar-refractivity contribution in [3.05, 3.63) is 30.0 Å². The molecule has 5 rings (SSSR count). The number of rotatable bonds is 2. The second kappa shape index (κ2) is 13.0. The van der Waals surface area contributed by atoms with Crippen LogP contribution in [0.1, 0.15) is 71.9 Å². The number of alkyl carbamates (subject to hydrolysis) is 1. The molecule has 2 bridgehead atoms. The Kier molecular flexibility index (Phi) is 9.31. The molecule has 2 aromatic rings. The molecule has 1 aliphatic carbocycles. The summed E-state index contributed by atoms with van der Waals surface area (Å²) < 4.78 is 22.9. The van der Waals surface area contributed by atoms with E-state index in [1.807, 2.05) is 39.0 Å². The maximum atomic E-state index is 14.1. The second-order valence-corrected chi connectivity index (χ2v) is 13.2. The zero-order chi connectivity index (χ0) is 31.6. The average molecular weight is 609 g/mol. The highest BCUT2D eigenvalue weighted by Crippen LogP contribution is 2.37. The lowest BCUT2D eigenvalue weighted by atomic mass is 9.85. The monoisotopic (exact) mass is 608 g/mol. The molecule has 6 atom stereocenters. The number of nitrogens with one attached hydrogen (secondary N) is 1. The molecule has 3 aliphatic rings. The topological polar surface area (TPSA) is 129 Å². The fraction of sp³-hybridized carbons (Fsp3) is 0.606. The molecular weight excluding hydrogens is 564 g/mol. The van der Waals surface area contributed by atoms with Gasteiger partial charge < -0.3 is 29.2 Å². The molecule has 1 saturated heterocycles. The molecule has 44 heavy (non-hydrogen) atoms. The number of methoxy groups -OCH3 is 2. The molecule has 2 aliphatic heterocycles. The third kappa shape index (κ3) is 6.76. The van der Waals surface area contributed by atoms with E-state index in [9.17, 15) is 14.4 Å². The summed E-state index contributed by atoms with van der Waals surface area (Å²) in [5, 5.41) is 2.86. The largest absolute Gasteiger partial charge is 0.497 e. The van der Waals surface area contributed by atoms with Crippen molar-refractivity contribution in [2.75, 3.05) is 20.8 Å². The summed E-state index contributed by atoms with van der Waals surface area (Å²) in [6.07, 6.45) is 7.38. The third-order valence-corrected chi connectivity index (χ3v) is 9.02. The van der Waals surface area contributed by atoms with E-state index < -0.39 is 41.6 Å². The number of allylic oxidation sites excluding steroid dienone is 1. The predicted octanol–water partition coefficient (Wildman–Crippen LogP) is 4.91. The molecule has 3 heterocycles.